The molecule has 1 amide bonds. The first kappa shape index (κ1) is 12.9. The largest absolute Gasteiger partial charge is 0.345 e. The maximum atomic E-state index is 11.6. The van der Waals surface area contributed by atoms with Crippen molar-refractivity contribution in [2.45, 2.75) is 19.9 Å². The molecule has 0 saturated heterocycles. The third kappa shape index (κ3) is 4.02. The van der Waals surface area contributed by atoms with E-state index in [0.29, 0.717) is 5.82 Å². The monoisotopic (exact) mass is 257 g/mol. The van der Waals surface area contributed by atoms with Gasteiger partial charge in [0.25, 0.3) is 0 Å². The number of nitrogens with one attached hydrogen (secondary N) is 2. The van der Waals surface area contributed by atoms with Gasteiger partial charge in [-0.15, -0.1) is 10.2 Å². The van der Waals surface area contributed by atoms with E-state index in [1.54, 1.807) is 6.08 Å². The van der Waals surface area contributed by atoms with Crippen LogP contribution in [0.4, 0.5) is 0 Å². The summed E-state index contributed by atoms with van der Waals surface area (Å²) < 4.78 is 0. The highest BCUT2D eigenvalue weighted by Gasteiger charge is 2.00. The van der Waals surface area contributed by atoms with Crippen molar-refractivity contribution in [1.82, 2.24) is 25.9 Å². The van der Waals surface area contributed by atoms with Gasteiger partial charge in [0.15, 0.2) is 5.82 Å². The van der Waals surface area contributed by atoms with Crippen LogP contribution >= 0.6 is 0 Å². The van der Waals surface area contributed by atoms with Gasteiger partial charge in [-0.05, 0) is 23.6 Å². The van der Waals surface area contributed by atoms with Crippen LogP contribution in [0.25, 0.3) is 6.08 Å². The number of aromatic nitrogens is 4. The predicted octanol–water partition coefficient (Wildman–Crippen LogP) is 1.09. The molecule has 2 aromatic rings. The van der Waals surface area contributed by atoms with Crippen LogP contribution in [0.15, 0.2) is 30.3 Å². The molecule has 0 aliphatic carbocycles. The highest BCUT2D eigenvalue weighted by Crippen LogP contribution is 2.06. The number of aryl methyl sites for hydroxylation is 1. The Morgan fingerprint density at radius 1 is 1.37 bits per heavy atom. The lowest BCUT2D eigenvalue weighted by atomic mass is 10.1. The molecule has 0 unspecified atom stereocenters. The molecule has 0 bridgehead atoms. The van der Waals surface area contributed by atoms with Gasteiger partial charge in [0.05, 0.1) is 6.54 Å². The molecule has 6 heteroatoms. The van der Waals surface area contributed by atoms with Crippen LogP contribution in [-0.2, 0) is 17.8 Å². The number of H-pyrrole nitrogens is 1. The quantitative estimate of drug-likeness (QED) is 0.785. The average Bonchev–Trinajstić information content (AvgIpc) is 2.96. The van der Waals surface area contributed by atoms with Crippen molar-refractivity contribution in [3.05, 3.63) is 47.3 Å². The van der Waals surface area contributed by atoms with Gasteiger partial charge in [0.1, 0.15) is 0 Å². The van der Waals surface area contributed by atoms with E-state index in [9.17, 15) is 4.79 Å². The van der Waals surface area contributed by atoms with E-state index in [-0.39, 0.29) is 12.5 Å². The Hall–Kier alpha value is -2.50. The minimum absolute atomic E-state index is 0.190. The Balaban J connectivity index is 1.85. The maximum absolute atomic E-state index is 11.6. The molecular formula is C13H15N5O. The summed E-state index contributed by atoms with van der Waals surface area (Å²) in [5.74, 6) is 0.262. The Morgan fingerprint density at radius 2 is 2.16 bits per heavy atom. The summed E-state index contributed by atoms with van der Waals surface area (Å²) >= 11 is 0. The SMILES string of the molecule is CCc1ccc(C=CC(=O)NCc2nn[nH]n2)cc1. The molecule has 98 valence electrons. The van der Waals surface area contributed by atoms with E-state index >= 15 is 0 Å². The number of amides is 1. The second-order valence-electron chi connectivity index (χ2n) is 3.97. The van der Waals surface area contributed by atoms with Crippen LogP contribution in [-0.4, -0.2) is 26.5 Å². The van der Waals surface area contributed by atoms with Crippen LogP contribution in [0.2, 0.25) is 0 Å². The van der Waals surface area contributed by atoms with E-state index in [1.165, 1.54) is 11.6 Å². The molecule has 0 atom stereocenters. The lowest BCUT2D eigenvalue weighted by Gasteiger charge is -1.98. The second-order valence-corrected chi connectivity index (χ2v) is 3.97. The van der Waals surface area contributed by atoms with Crippen LogP contribution in [0.1, 0.15) is 23.9 Å². The number of carbonyl (C=O) groups excluding carboxylic acids is 1. The van der Waals surface area contributed by atoms with Gasteiger partial charge in [0.2, 0.25) is 5.91 Å². The van der Waals surface area contributed by atoms with Gasteiger partial charge in [-0.3, -0.25) is 4.79 Å². The van der Waals surface area contributed by atoms with E-state index in [0.717, 1.165) is 12.0 Å². The van der Waals surface area contributed by atoms with E-state index < -0.39 is 0 Å². The smallest absolute Gasteiger partial charge is 0.244 e. The van der Waals surface area contributed by atoms with E-state index in [2.05, 4.69) is 45.0 Å². The van der Waals surface area contributed by atoms with Crippen molar-refractivity contribution in [3.8, 4) is 0 Å². The summed E-state index contributed by atoms with van der Waals surface area (Å²) in [4.78, 5) is 11.6. The van der Waals surface area contributed by atoms with Crippen molar-refractivity contribution in [2.24, 2.45) is 0 Å². The van der Waals surface area contributed by atoms with Gasteiger partial charge >= 0.3 is 0 Å². The molecule has 0 radical (unpaired) electrons. The van der Waals surface area contributed by atoms with Crippen LogP contribution < -0.4 is 5.32 Å². The molecule has 0 saturated carbocycles. The van der Waals surface area contributed by atoms with Gasteiger partial charge in [-0.2, -0.15) is 5.21 Å². The first-order valence-corrected chi connectivity index (χ1v) is 6.05. The summed E-state index contributed by atoms with van der Waals surface area (Å²) in [5.41, 5.74) is 2.27. The van der Waals surface area contributed by atoms with Gasteiger partial charge in [-0.1, -0.05) is 36.4 Å². The maximum Gasteiger partial charge on any atom is 0.244 e. The van der Waals surface area contributed by atoms with Gasteiger partial charge in [-0.25, -0.2) is 0 Å². The fourth-order valence-corrected chi connectivity index (χ4v) is 1.52. The molecule has 1 aromatic carbocycles. The molecule has 1 heterocycles. The standard InChI is InChI=1S/C13H15N5O/c1-2-10-3-5-11(6-4-10)7-8-13(19)14-9-12-15-17-18-16-12/h3-8H,2,9H2,1H3,(H,14,19)(H,15,16,17,18). The molecule has 0 fully saturated rings. The zero-order valence-electron chi connectivity index (χ0n) is 10.6. The molecule has 2 N–H and O–H groups in total. The summed E-state index contributed by atoms with van der Waals surface area (Å²) in [6, 6.07) is 8.08. The number of hydrogen-bond acceptors (Lipinski definition) is 4. The normalized spacial score (nSPS) is 10.8. The van der Waals surface area contributed by atoms with E-state index in [1.807, 2.05) is 12.1 Å². The Kier molecular flexibility index (Phi) is 4.39. The Morgan fingerprint density at radius 3 is 2.79 bits per heavy atom. The van der Waals surface area contributed by atoms with Crippen molar-refractivity contribution in [2.75, 3.05) is 0 Å². The highest BCUT2D eigenvalue weighted by molar-refractivity contribution is 5.91. The number of tetrazole rings is 1. The summed E-state index contributed by atoms with van der Waals surface area (Å²) in [6.45, 7) is 2.37. The zero-order chi connectivity index (χ0) is 13.5. The van der Waals surface area contributed by atoms with Crippen molar-refractivity contribution < 1.29 is 4.79 Å². The van der Waals surface area contributed by atoms with Crippen LogP contribution in [0.3, 0.4) is 0 Å². The number of hydrogen-bond donors (Lipinski definition) is 2. The fraction of sp³-hybridized carbons (Fsp3) is 0.231. The summed E-state index contributed by atoms with van der Waals surface area (Å²) in [7, 11) is 0. The third-order valence-corrected chi connectivity index (χ3v) is 2.63. The molecule has 0 aliphatic rings. The molecule has 0 aliphatic heterocycles. The Labute approximate surface area is 110 Å². The highest BCUT2D eigenvalue weighted by atomic mass is 16.1. The molecule has 2 rings (SSSR count). The average molecular weight is 257 g/mol. The first-order chi connectivity index (χ1) is 9.28. The predicted molar refractivity (Wildman–Crippen MR) is 70.9 cm³/mol. The lowest BCUT2D eigenvalue weighted by Crippen LogP contribution is -2.20. The number of rotatable bonds is 5. The molecular weight excluding hydrogens is 242 g/mol. The summed E-state index contributed by atoms with van der Waals surface area (Å²) in [5, 5.41) is 15.9. The minimum Gasteiger partial charge on any atom is -0.345 e. The van der Waals surface area contributed by atoms with Crippen molar-refractivity contribution >= 4 is 12.0 Å². The van der Waals surface area contributed by atoms with Crippen molar-refractivity contribution in [1.29, 1.82) is 0 Å². The van der Waals surface area contributed by atoms with Crippen LogP contribution in [0, 0.1) is 0 Å². The molecule has 0 spiro atoms. The third-order valence-electron chi connectivity index (χ3n) is 2.63. The molecule has 1 aromatic heterocycles. The number of benzene rings is 1. The topological polar surface area (TPSA) is 83.6 Å². The number of carbonyl (C=O) groups is 1. The first-order valence-electron chi connectivity index (χ1n) is 6.05. The minimum atomic E-state index is -0.190. The Bertz CT molecular complexity index is 545. The van der Waals surface area contributed by atoms with Crippen molar-refractivity contribution in [3.63, 3.8) is 0 Å². The fourth-order valence-electron chi connectivity index (χ4n) is 1.52. The van der Waals surface area contributed by atoms with Crippen LogP contribution in [0.5, 0.6) is 0 Å². The summed E-state index contributed by atoms with van der Waals surface area (Å²) in [6.07, 6.45) is 4.27. The molecule has 6 nitrogen and oxygen atoms in total. The lowest BCUT2D eigenvalue weighted by molar-refractivity contribution is -0.116. The van der Waals surface area contributed by atoms with E-state index in [4.69, 9.17) is 0 Å². The number of nitrogens with zero attached hydrogens (tertiary/aromatic N) is 3. The van der Waals surface area contributed by atoms with Gasteiger partial charge in [0, 0.05) is 6.08 Å². The second kappa shape index (κ2) is 6.44. The molecule has 19 heavy (non-hydrogen) atoms. The van der Waals surface area contributed by atoms with Gasteiger partial charge < -0.3 is 5.32 Å². The number of aromatic amines is 1. The zero-order valence-corrected chi connectivity index (χ0v) is 10.6.